The topological polar surface area (TPSA) is 50.1 Å². The molecule has 0 amide bonds. The van der Waals surface area contributed by atoms with Crippen LogP contribution in [0.25, 0.3) is 0 Å². The fourth-order valence-electron chi connectivity index (χ4n) is 0.469. The van der Waals surface area contributed by atoms with Gasteiger partial charge in [-0.1, -0.05) is 0 Å². The molecule has 10 heavy (non-hydrogen) atoms. The highest BCUT2D eigenvalue weighted by atomic mass is 16.5. The maximum absolute atomic E-state index is 10.3. The van der Waals surface area contributed by atoms with Gasteiger partial charge in [-0.25, -0.2) is 0 Å². The summed E-state index contributed by atoms with van der Waals surface area (Å²) in [5, 5.41) is 8.38. The number of hydrogen-bond donors (Lipinski definition) is 0. The molecule has 0 aliphatic rings. The highest BCUT2D eigenvalue weighted by Crippen LogP contribution is 2.04. The molecule has 0 radical (unpaired) electrons. The van der Waals surface area contributed by atoms with Crippen molar-refractivity contribution in [3.8, 4) is 6.07 Å². The van der Waals surface area contributed by atoms with Gasteiger partial charge in [-0.15, -0.1) is 0 Å². The molecule has 0 aromatic rings. The molecular formula is C7H11NO2. The molecule has 0 heterocycles. The Morgan fingerprint density at radius 2 is 2.10 bits per heavy atom. The Balaban J connectivity index is 3.75. The summed E-state index contributed by atoms with van der Waals surface area (Å²) in [6.45, 7) is 4.75. The summed E-state index contributed by atoms with van der Waals surface area (Å²) in [7, 11) is 0. The van der Waals surface area contributed by atoms with Gasteiger partial charge in [-0.2, -0.15) is 5.26 Å². The van der Waals surface area contributed by atoms with Crippen LogP contribution in [0.3, 0.4) is 0 Å². The second-order valence-electron chi connectivity index (χ2n) is 2.23. The average molecular weight is 141 g/mol. The van der Waals surface area contributed by atoms with Crippen LogP contribution in [0, 0.1) is 17.2 Å². The van der Waals surface area contributed by atoms with Gasteiger partial charge >= 0.3 is 5.97 Å². The molecule has 0 rings (SSSR count). The van der Waals surface area contributed by atoms with Crippen molar-refractivity contribution in [2.24, 2.45) is 5.92 Å². The monoisotopic (exact) mass is 141 g/mol. The van der Waals surface area contributed by atoms with Gasteiger partial charge in [-0.05, 0) is 13.8 Å². The first-order valence-electron chi connectivity index (χ1n) is 3.14. The van der Waals surface area contributed by atoms with Crippen LogP contribution in [0.4, 0.5) is 0 Å². The van der Waals surface area contributed by atoms with Crippen LogP contribution in [0.5, 0.6) is 0 Å². The van der Waals surface area contributed by atoms with Crippen molar-refractivity contribution >= 4 is 5.97 Å². The van der Waals surface area contributed by atoms with Gasteiger partial charge in [0.15, 0.2) is 0 Å². The lowest BCUT2D eigenvalue weighted by atomic mass is 10.1. The average Bonchev–Trinajstić information content (AvgIpc) is 1.85. The van der Waals surface area contributed by atoms with Gasteiger partial charge in [0.1, 0.15) is 6.10 Å². The predicted molar refractivity (Wildman–Crippen MR) is 36.0 cm³/mol. The summed E-state index contributed by atoms with van der Waals surface area (Å²) >= 11 is 0. The summed E-state index contributed by atoms with van der Waals surface area (Å²) in [6.07, 6.45) is -0.303. The third-order valence-electron chi connectivity index (χ3n) is 1.26. The molecule has 0 bridgehead atoms. The summed E-state index contributed by atoms with van der Waals surface area (Å²) in [5.41, 5.74) is 0. The second-order valence-corrected chi connectivity index (χ2v) is 2.23. The number of esters is 1. The molecule has 0 saturated heterocycles. The van der Waals surface area contributed by atoms with Crippen LogP contribution in [0.1, 0.15) is 20.8 Å². The van der Waals surface area contributed by atoms with E-state index in [2.05, 4.69) is 0 Å². The highest BCUT2D eigenvalue weighted by molar-refractivity contribution is 5.66. The maximum atomic E-state index is 10.3. The first-order chi connectivity index (χ1) is 4.57. The van der Waals surface area contributed by atoms with Gasteiger partial charge in [0.25, 0.3) is 0 Å². The molecule has 0 unspecified atom stereocenters. The lowest BCUT2D eigenvalue weighted by Crippen LogP contribution is -2.19. The lowest BCUT2D eigenvalue weighted by molar-refractivity contribution is -0.146. The summed E-state index contributed by atoms with van der Waals surface area (Å²) < 4.78 is 4.74. The highest BCUT2D eigenvalue weighted by Gasteiger charge is 2.12. The number of nitrogens with zero attached hydrogens (tertiary/aromatic N) is 1. The first kappa shape index (κ1) is 8.96. The number of ether oxygens (including phenoxy) is 1. The molecule has 0 N–H and O–H groups in total. The van der Waals surface area contributed by atoms with Crippen LogP contribution in [0.2, 0.25) is 0 Å². The van der Waals surface area contributed by atoms with Gasteiger partial charge in [0.05, 0.1) is 12.0 Å². The molecule has 3 nitrogen and oxygen atoms in total. The Morgan fingerprint density at radius 3 is 2.40 bits per heavy atom. The molecule has 0 aromatic carbocycles. The fourth-order valence-corrected chi connectivity index (χ4v) is 0.469. The molecule has 0 saturated carbocycles. The Labute approximate surface area is 60.6 Å². The molecule has 3 heteroatoms. The van der Waals surface area contributed by atoms with Crippen LogP contribution in [0.15, 0.2) is 0 Å². The molecule has 0 aliphatic carbocycles. The number of rotatable bonds is 2. The van der Waals surface area contributed by atoms with Crippen molar-refractivity contribution in [1.29, 1.82) is 5.26 Å². The van der Waals surface area contributed by atoms with Gasteiger partial charge in [-0.3, -0.25) is 4.79 Å². The maximum Gasteiger partial charge on any atom is 0.302 e. The van der Waals surface area contributed by atoms with Crippen molar-refractivity contribution in [1.82, 2.24) is 0 Å². The molecule has 0 aromatic heterocycles. The third kappa shape index (κ3) is 3.08. The Morgan fingerprint density at radius 1 is 1.60 bits per heavy atom. The fraction of sp³-hybridized carbons (Fsp3) is 0.714. The van der Waals surface area contributed by atoms with Crippen LogP contribution in [-0.4, -0.2) is 12.1 Å². The number of hydrogen-bond acceptors (Lipinski definition) is 3. The minimum Gasteiger partial charge on any atom is -0.461 e. The summed E-state index contributed by atoms with van der Waals surface area (Å²) in [5.74, 6) is -0.571. The molecule has 0 fully saturated rings. The van der Waals surface area contributed by atoms with Crippen molar-refractivity contribution in [2.45, 2.75) is 26.9 Å². The van der Waals surface area contributed by atoms with E-state index in [1.54, 1.807) is 13.8 Å². The largest absolute Gasteiger partial charge is 0.461 e. The number of carbonyl (C=O) groups excluding carboxylic acids is 1. The van der Waals surface area contributed by atoms with Crippen LogP contribution < -0.4 is 0 Å². The van der Waals surface area contributed by atoms with E-state index in [1.807, 2.05) is 6.07 Å². The quantitative estimate of drug-likeness (QED) is 0.541. The Kier molecular flexibility index (Phi) is 3.48. The third-order valence-corrected chi connectivity index (χ3v) is 1.26. The predicted octanol–water partition coefficient (Wildman–Crippen LogP) is 1.10. The van der Waals surface area contributed by atoms with E-state index in [9.17, 15) is 4.79 Å². The van der Waals surface area contributed by atoms with Crippen LogP contribution in [-0.2, 0) is 9.53 Å². The van der Waals surface area contributed by atoms with E-state index in [0.717, 1.165) is 0 Å². The molecule has 0 aliphatic heterocycles. The lowest BCUT2D eigenvalue weighted by Gasteiger charge is -2.12. The van der Waals surface area contributed by atoms with E-state index < -0.39 is 0 Å². The second kappa shape index (κ2) is 3.89. The number of carbonyl (C=O) groups is 1. The van der Waals surface area contributed by atoms with Crippen molar-refractivity contribution in [2.75, 3.05) is 0 Å². The molecular weight excluding hydrogens is 130 g/mol. The standard InChI is InChI=1S/C7H11NO2/c1-5(4-8)6(2)10-7(3)9/h5-6H,1-3H3/t5-,6+/m1/s1. The summed E-state index contributed by atoms with van der Waals surface area (Å²) in [6, 6.07) is 1.99. The number of nitriles is 1. The van der Waals surface area contributed by atoms with Gasteiger partial charge < -0.3 is 4.74 Å². The van der Waals surface area contributed by atoms with Crippen molar-refractivity contribution in [3.63, 3.8) is 0 Å². The smallest absolute Gasteiger partial charge is 0.302 e. The van der Waals surface area contributed by atoms with Crippen molar-refractivity contribution in [3.05, 3.63) is 0 Å². The molecule has 0 spiro atoms. The van der Waals surface area contributed by atoms with Gasteiger partial charge in [0, 0.05) is 6.92 Å². The first-order valence-corrected chi connectivity index (χ1v) is 3.14. The molecule has 56 valence electrons. The van der Waals surface area contributed by atoms with Crippen LogP contribution >= 0.6 is 0 Å². The van der Waals surface area contributed by atoms with E-state index in [1.165, 1.54) is 6.92 Å². The van der Waals surface area contributed by atoms with E-state index in [-0.39, 0.29) is 18.0 Å². The Hall–Kier alpha value is -1.04. The SMILES string of the molecule is CC(=O)O[C@@H](C)[C@H](C)C#N. The zero-order chi connectivity index (χ0) is 8.15. The zero-order valence-corrected chi connectivity index (χ0v) is 6.42. The van der Waals surface area contributed by atoms with E-state index >= 15 is 0 Å². The Bertz CT molecular complexity index is 159. The minimum absolute atomic E-state index is 0.233. The summed E-state index contributed by atoms with van der Waals surface area (Å²) in [4.78, 5) is 10.3. The molecule has 2 atom stereocenters. The van der Waals surface area contributed by atoms with Gasteiger partial charge in [0.2, 0.25) is 0 Å². The normalized spacial score (nSPS) is 15.0. The minimum atomic E-state index is -0.338. The van der Waals surface area contributed by atoms with Crippen molar-refractivity contribution < 1.29 is 9.53 Å². The van der Waals surface area contributed by atoms with E-state index in [0.29, 0.717) is 0 Å². The zero-order valence-electron chi connectivity index (χ0n) is 6.42. The van der Waals surface area contributed by atoms with E-state index in [4.69, 9.17) is 10.00 Å².